The Hall–Kier alpha value is -1.27. The first kappa shape index (κ1) is 18.8. The number of alkyl halides is 3. The molecule has 2 unspecified atom stereocenters. The molecular formula is C15H20ClF3N2O. The summed E-state index contributed by atoms with van der Waals surface area (Å²) in [5, 5.41) is 6.10. The second-order valence-electron chi connectivity index (χ2n) is 5.48. The van der Waals surface area contributed by atoms with Gasteiger partial charge < -0.3 is 10.6 Å². The van der Waals surface area contributed by atoms with Crippen molar-refractivity contribution in [2.75, 3.05) is 13.1 Å². The van der Waals surface area contributed by atoms with Crippen LogP contribution in [0.1, 0.15) is 36.8 Å². The van der Waals surface area contributed by atoms with E-state index < -0.39 is 11.7 Å². The molecule has 0 radical (unpaired) electrons. The fraction of sp³-hybridized carbons (Fsp3) is 0.533. The minimum absolute atomic E-state index is 0. The molecule has 0 saturated carbocycles. The first-order valence-corrected chi connectivity index (χ1v) is 7.03. The minimum Gasteiger partial charge on any atom is -0.352 e. The Balaban J connectivity index is 0.00000242. The zero-order chi connectivity index (χ0) is 15.5. The van der Waals surface area contributed by atoms with Gasteiger partial charge in [-0.3, -0.25) is 4.79 Å². The summed E-state index contributed by atoms with van der Waals surface area (Å²) in [6, 6.07) is 5.17. The molecule has 1 aromatic carbocycles. The van der Waals surface area contributed by atoms with Gasteiger partial charge in [0.25, 0.3) is 0 Å². The van der Waals surface area contributed by atoms with Crippen molar-refractivity contribution >= 4 is 18.3 Å². The summed E-state index contributed by atoms with van der Waals surface area (Å²) in [4.78, 5) is 11.9. The quantitative estimate of drug-likeness (QED) is 0.887. The van der Waals surface area contributed by atoms with E-state index in [1.807, 2.05) is 6.92 Å². The van der Waals surface area contributed by atoms with Gasteiger partial charge in [-0.2, -0.15) is 13.2 Å². The molecule has 1 amide bonds. The summed E-state index contributed by atoms with van der Waals surface area (Å²) in [5.41, 5.74) is 0.0719. The average Bonchev–Trinajstić information content (AvgIpc) is 2.90. The van der Waals surface area contributed by atoms with Gasteiger partial charge in [0.2, 0.25) is 5.91 Å². The van der Waals surface area contributed by atoms with Crippen LogP contribution in [-0.2, 0) is 11.0 Å². The van der Waals surface area contributed by atoms with E-state index in [1.165, 1.54) is 12.1 Å². The van der Waals surface area contributed by atoms with Crippen LogP contribution in [0.5, 0.6) is 0 Å². The molecule has 0 bridgehead atoms. The Morgan fingerprint density at radius 3 is 2.50 bits per heavy atom. The minimum atomic E-state index is -4.32. The van der Waals surface area contributed by atoms with Crippen molar-refractivity contribution in [2.45, 2.75) is 37.9 Å². The lowest BCUT2D eigenvalue weighted by Gasteiger charge is -2.16. The number of hydrogen-bond acceptors (Lipinski definition) is 2. The Morgan fingerprint density at radius 2 is 2.00 bits per heavy atom. The lowest BCUT2D eigenvalue weighted by molar-refractivity contribution is -0.137. The van der Waals surface area contributed by atoms with Crippen LogP contribution >= 0.6 is 12.4 Å². The number of halogens is 4. The molecule has 124 valence electrons. The lowest BCUT2D eigenvalue weighted by Crippen LogP contribution is -2.36. The Labute approximate surface area is 134 Å². The molecule has 1 aliphatic rings. The summed E-state index contributed by atoms with van der Waals surface area (Å²) in [6.45, 7) is 3.52. The van der Waals surface area contributed by atoms with Crippen LogP contribution in [0.3, 0.4) is 0 Å². The SMILES string of the molecule is CC(CC(=O)NC1CCNC1)c1ccc(C(F)(F)F)cc1.Cl. The predicted octanol–water partition coefficient (Wildman–Crippen LogP) is 3.10. The highest BCUT2D eigenvalue weighted by Gasteiger charge is 2.30. The Morgan fingerprint density at radius 1 is 1.36 bits per heavy atom. The number of rotatable bonds is 4. The molecule has 1 aliphatic heterocycles. The number of hydrogen-bond donors (Lipinski definition) is 2. The first-order chi connectivity index (χ1) is 9.86. The molecule has 0 aromatic heterocycles. The fourth-order valence-corrected chi connectivity index (χ4v) is 2.46. The number of carbonyl (C=O) groups is 1. The molecule has 2 N–H and O–H groups in total. The van der Waals surface area contributed by atoms with Crippen molar-refractivity contribution < 1.29 is 18.0 Å². The maximum atomic E-state index is 12.5. The highest BCUT2D eigenvalue weighted by Crippen LogP contribution is 2.30. The second kappa shape index (κ2) is 7.83. The molecule has 7 heteroatoms. The monoisotopic (exact) mass is 336 g/mol. The molecule has 0 aliphatic carbocycles. The van der Waals surface area contributed by atoms with Crippen LogP contribution < -0.4 is 10.6 Å². The van der Waals surface area contributed by atoms with Crippen LogP contribution in [0.4, 0.5) is 13.2 Å². The highest BCUT2D eigenvalue weighted by molar-refractivity contribution is 5.85. The third-order valence-corrected chi connectivity index (χ3v) is 3.72. The van der Waals surface area contributed by atoms with Crippen LogP contribution in [0.25, 0.3) is 0 Å². The van der Waals surface area contributed by atoms with Crippen molar-refractivity contribution in [2.24, 2.45) is 0 Å². The molecular weight excluding hydrogens is 317 g/mol. The molecule has 22 heavy (non-hydrogen) atoms. The summed E-state index contributed by atoms with van der Waals surface area (Å²) in [6.07, 6.45) is -3.13. The van der Waals surface area contributed by atoms with Crippen molar-refractivity contribution in [3.63, 3.8) is 0 Å². The maximum Gasteiger partial charge on any atom is 0.416 e. The standard InChI is InChI=1S/C15H19F3N2O.ClH/c1-10(8-14(21)20-13-6-7-19-9-13)11-2-4-12(5-3-11)15(16,17)18;/h2-5,10,13,19H,6-9H2,1H3,(H,20,21);1H. The summed E-state index contributed by atoms with van der Waals surface area (Å²) in [5.74, 6) is -0.169. The molecule has 1 saturated heterocycles. The molecule has 1 aromatic rings. The zero-order valence-corrected chi connectivity index (χ0v) is 13.1. The van der Waals surface area contributed by atoms with E-state index in [0.717, 1.165) is 37.2 Å². The van der Waals surface area contributed by atoms with Crippen LogP contribution in [-0.4, -0.2) is 25.0 Å². The van der Waals surface area contributed by atoms with Gasteiger partial charge in [-0.25, -0.2) is 0 Å². The number of carbonyl (C=O) groups excluding carboxylic acids is 1. The third kappa shape index (κ3) is 5.18. The van der Waals surface area contributed by atoms with Gasteiger partial charge >= 0.3 is 6.18 Å². The van der Waals surface area contributed by atoms with Gasteiger partial charge in [0.15, 0.2) is 0 Å². The van der Waals surface area contributed by atoms with E-state index in [4.69, 9.17) is 0 Å². The maximum absolute atomic E-state index is 12.5. The zero-order valence-electron chi connectivity index (χ0n) is 12.2. The number of nitrogens with one attached hydrogen (secondary N) is 2. The Kier molecular flexibility index (Phi) is 6.68. The molecule has 0 spiro atoms. The highest BCUT2D eigenvalue weighted by atomic mass is 35.5. The van der Waals surface area contributed by atoms with Crippen molar-refractivity contribution in [1.82, 2.24) is 10.6 Å². The van der Waals surface area contributed by atoms with Crippen molar-refractivity contribution in [3.05, 3.63) is 35.4 Å². The van der Waals surface area contributed by atoms with E-state index in [0.29, 0.717) is 0 Å². The van der Waals surface area contributed by atoms with Crippen LogP contribution in [0, 0.1) is 0 Å². The van der Waals surface area contributed by atoms with E-state index in [2.05, 4.69) is 10.6 Å². The smallest absolute Gasteiger partial charge is 0.352 e. The summed E-state index contributed by atoms with van der Waals surface area (Å²) in [7, 11) is 0. The van der Waals surface area contributed by atoms with E-state index in [9.17, 15) is 18.0 Å². The van der Waals surface area contributed by atoms with Gasteiger partial charge in [-0.05, 0) is 36.6 Å². The van der Waals surface area contributed by atoms with Crippen LogP contribution in [0.15, 0.2) is 24.3 Å². The van der Waals surface area contributed by atoms with E-state index in [-0.39, 0.29) is 36.7 Å². The number of amides is 1. The molecule has 1 fully saturated rings. The van der Waals surface area contributed by atoms with E-state index >= 15 is 0 Å². The Bertz CT molecular complexity index is 485. The van der Waals surface area contributed by atoms with Gasteiger partial charge in [0.1, 0.15) is 0 Å². The molecule has 2 atom stereocenters. The van der Waals surface area contributed by atoms with Crippen molar-refractivity contribution in [1.29, 1.82) is 0 Å². The largest absolute Gasteiger partial charge is 0.416 e. The van der Waals surface area contributed by atoms with Crippen molar-refractivity contribution in [3.8, 4) is 0 Å². The van der Waals surface area contributed by atoms with Gasteiger partial charge in [0.05, 0.1) is 5.56 Å². The number of benzene rings is 1. The fourth-order valence-electron chi connectivity index (χ4n) is 2.46. The van der Waals surface area contributed by atoms with E-state index in [1.54, 1.807) is 0 Å². The lowest BCUT2D eigenvalue weighted by atomic mass is 9.96. The third-order valence-electron chi connectivity index (χ3n) is 3.72. The summed E-state index contributed by atoms with van der Waals surface area (Å²) >= 11 is 0. The van der Waals surface area contributed by atoms with Gasteiger partial charge in [-0.1, -0.05) is 19.1 Å². The predicted molar refractivity (Wildman–Crippen MR) is 81.1 cm³/mol. The van der Waals surface area contributed by atoms with Crippen LogP contribution in [0.2, 0.25) is 0 Å². The first-order valence-electron chi connectivity index (χ1n) is 7.03. The van der Waals surface area contributed by atoms with Gasteiger partial charge in [-0.15, -0.1) is 12.4 Å². The molecule has 1 heterocycles. The second-order valence-corrected chi connectivity index (χ2v) is 5.48. The topological polar surface area (TPSA) is 41.1 Å². The molecule has 3 nitrogen and oxygen atoms in total. The summed E-state index contributed by atoms with van der Waals surface area (Å²) < 4.78 is 37.5. The average molecular weight is 337 g/mol. The van der Waals surface area contributed by atoms with Gasteiger partial charge in [0, 0.05) is 19.0 Å². The normalized spacial score (nSPS) is 19.4. The molecule has 2 rings (SSSR count).